The maximum absolute atomic E-state index is 3.55. The van der Waals surface area contributed by atoms with Crippen LogP contribution < -0.4 is 5.32 Å². The quantitative estimate of drug-likeness (QED) is 0.647. The average molecular weight is 245 g/mol. The monoisotopic (exact) mass is 244 g/mol. The summed E-state index contributed by atoms with van der Waals surface area (Å²) < 4.78 is 0. The summed E-state index contributed by atoms with van der Waals surface area (Å²) in [5.74, 6) is 0. The normalized spacial score (nSPS) is 25.5. The molecule has 0 unspecified atom stereocenters. The Morgan fingerprint density at radius 3 is 1.92 bits per heavy atom. The van der Waals surface area contributed by atoms with Crippen molar-refractivity contribution < 1.29 is 0 Å². The van der Waals surface area contributed by atoms with E-state index in [1.54, 1.807) is 19.5 Å². The van der Waals surface area contributed by atoms with Crippen molar-refractivity contribution in [1.29, 1.82) is 0 Å². The third kappa shape index (κ3) is 3.16. The van der Waals surface area contributed by atoms with E-state index in [9.17, 15) is 0 Å². The Morgan fingerprint density at radius 2 is 1.67 bits per heavy atom. The fourth-order valence-corrected chi connectivity index (χ4v) is 1.48. The number of nitrogens with one attached hydrogen (secondary N) is 1. The minimum atomic E-state index is 0.325. The Bertz CT molecular complexity index is 118. The summed E-state index contributed by atoms with van der Waals surface area (Å²) in [7, 11) is 0. The molecule has 0 aromatic carbocycles. The van der Waals surface area contributed by atoms with Crippen LogP contribution in [0, 0.1) is 5.41 Å². The number of halogens is 1. The molecule has 1 nitrogen and oxygen atoms in total. The zero-order chi connectivity index (χ0) is 9.83. The van der Waals surface area contributed by atoms with E-state index < -0.39 is 0 Å². The summed E-state index contributed by atoms with van der Waals surface area (Å²) in [5, 5.41) is 3.55. The summed E-state index contributed by atoms with van der Waals surface area (Å²) in [6.45, 7) is 10.5. The van der Waals surface area contributed by atoms with Gasteiger partial charge in [-0.05, 0) is 38.6 Å². The van der Waals surface area contributed by atoms with Crippen LogP contribution in [-0.2, 0) is 0 Å². The van der Waals surface area contributed by atoms with E-state index in [0.717, 1.165) is 0 Å². The summed E-state index contributed by atoms with van der Waals surface area (Å²) >= 11 is 4.64. The maximum atomic E-state index is 3.55. The molecular formula is C9H19BrMgN+2. The van der Waals surface area contributed by atoms with Gasteiger partial charge in [-0.15, -0.1) is 0 Å². The van der Waals surface area contributed by atoms with E-state index in [0.29, 0.717) is 11.0 Å². The minimum Gasteiger partial charge on any atom is -0.311 e. The molecule has 0 saturated carbocycles. The first-order chi connectivity index (χ1) is 5.46. The Balaban J connectivity index is 0.000000561. The first-order valence-corrected chi connectivity index (χ1v) is 8.37. The molecular weight excluding hydrogens is 226 g/mol. The second-order valence-corrected chi connectivity index (χ2v) is 4.54. The van der Waals surface area contributed by atoms with Crippen molar-refractivity contribution >= 4 is 32.4 Å². The highest BCUT2D eigenvalue weighted by molar-refractivity contribution is 9.22. The van der Waals surface area contributed by atoms with Gasteiger partial charge >= 0.3 is 32.4 Å². The minimum absolute atomic E-state index is 0.325. The Labute approximate surface area is 95.4 Å². The third-order valence-electron chi connectivity index (χ3n) is 3.24. The van der Waals surface area contributed by atoms with Gasteiger partial charge in [0, 0.05) is 5.54 Å². The lowest BCUT2D eigenvalue weighted by molar-refractivity contribution is 0.106. The molecule has 1 heterocycles. The zero-order valence-corrected chi connectivity index (χ0v) is 11.7. The number of hydrogen-bond donors (Lipinski definition) is 1. The van der Waals surface area contributed by atoms with Gasteiger partial charge in [0.1, 0.15) is 0 Å². The second kappa shape index (κ2) is 5.18. The molecule has 0 aromatic rings. The van der Waals surface area contributed by atoms with Gasteiger partial charge in [-0.1, -0.05) is 13.8 Å². The van der Waals surface area contributed by atoms with Gasteiger partial charge < -0.3 is 5.32 Å². The van der Waals surface area contributed by atoms with Crippen LogP contribution in [0.4, 0.5) is 0 Å². The van der Waals surface area contributed by atoms with Crippen LogP contribution in [0.25, 0.3) is 0 Å². The van der Waals surface area contributed by atoms with Crippen molar-refractivity contribution in [2.75, 3.05) is 6.54 Å². The molecule has 0 aromatic heterocycles. The number of hydrogen-bond acceptors (Lipinski definition) is 1. The Hall–Kier alpha value is 1.21. The molecule has 0 spiro atoms. The topological polar surface area (TPSA) is 12.0 Å². The van der Waals surface area contributed by atoms with Crippen LogP contribution >= 0.6 is 12.9 Å². The Kier molecular flexibility index (Phi) is 5.70. The largest absolute Gasteiger partial charge is 1.52 e. The van der Waals surface area contributed by atoms with Crippen LogP contribution in [-0.4, -0.2) is 31.6 Å². The first kappa shape index (κ1) is 13.2. The van der Waals surface area contributed by atoms with E-state index >= 15 is 0 Å². The van der Waals surface area contributed by atoms with Crippen molar-refractivity contribution in [1.82, 2.24) is 5.32 Å². The second-order valence-electron chi connectivity index (χ2n) is 4.54. The summed E-state index contributed by atoms with van der Waals surface area (Å²) in [6, 6.07) is 0. The molecule has 1 rings (SSSR count). The lowest BCUT2D eigenvalue weighted by atomic mass is 9.69. The van der Waals surface area contributed by atoms with E-state index in [1.807, 2.05) is 0 Å². The van der Waals surface area contributed by atoms with E-state index in [-0.39, 0.29) is 0 Å². The highest BCUT2D eigenvalue weighted by atomic mass is 79.9. The number of rotatable bonds is 0. The molecule has 7 radical (unpaired) electrons. The van der Waals surface area contributed by atoms with Crippen molar-refractivity contribution in [3.05, 3.63) is 0 Å². The van der Waals surface area contributed by atoms with Crippen LogP contribution in [0.3, 0.4) is 0 Å². The van der Waals surface area contributed by atoms with E-state index in [1.165, 1.54) is 19.4 Å². The van der Waals surface area contributed by atoms with E-state index in [4.69, 9.17) is 0 Å². The van der Waals surface area contributed by atoms with Crippen molar-refractivity contribution in [2.24, 2.45) is 5.41 Å². The number of piperidine rings is 1. The van der Waals surface area contributed by atoms with Gasteiger partial charge in [0.2, 0.25) is 0 Å². The van der Waals surface area contributed by atoms with Crippen LogP contribution in [0.1, 0.15) is 40.5 Å². The van der Waals surface area contributed by atoms with Gasteiger partial charge in [0.25, 0.3) is 0 Å². The molecule has 1 N–H and O–H groups in total. The highest BCUT2D eigenvalue weighted by Crippen LogP contribution is 2.37. The summed E-state index contributed by atoms with van der Waals surface area (Å²) in [4.78, 5) is 0. The fourth-order valence-electron chi connectivity index (χ4n) is 1.48. The molecule has 1 fully saturated rings. The summed E-state index contributed by atoms with van der Waals surface area (Å²) in [5.41, 5.74) is 0.788. The SMILES string of the molecule is CC1(C)CCCNC1(C)C.[Mg+2][Br]. The molecule has 1 saturated heterocycles. The standard InChI is InChI=1S/C9H19N.BrH.Mg/c1-8(2)6-5-7-10-9(8,3)4;;/h10H,5-7H2,1-4H3;1H;/q;;+3/p-1. The molecule has 12 heavy (non-hydrogen) atoms. The zero-order valence-electron chi connectivity index (χ0n) is 8.71. The third-order valence-corrected chi connectivity index (χ3v) is 3.24. The van der Waals surface area contributed by atoms with Gasteiger partial charge in [-0.3, -0.25) is 0 Å². The van der Waals surface area contributed by atoms with Gasteiger partial charge in [-0.25, -0.2) is 0 Å². The predicted octanol–water partition coefficient (Wildman–Crippen LogP) is 2.64. The molecule has 67 valence electrons. The molecule has 0 aliphatic carbocycles. The van der Waals surface area contributed by atoms with Crippen molar-refractivity contribution in [3.63, 3.8) is 0 Å². The van der Waals surface area contributed by atoms with Crippen molar-refractivity contribution in [2.45, 2.75) is 46.1 Å². The smallest absolute Gasteiger partial charge is 0.311 e. The fraction of sp³-hybridized carbons (Fsp3) is 1.00. The highest BCUT2D eigenvalue weighted by Gasteiger charge is 2.38. The molecule has 1 aliphatic rings. The van der Waals surface area contributed by atoms with Gasteiger partial charge in [0.15, 0.2) is 0 Å². The lowest BCUT2D eigenvalue weighted by Crippen LogP contribution is -2.54. The molecule has 3 heteroatoms. The molecule has 0 atom stereocenters. The summed E-state index contributed by atoms with van der Waals surface area (Å²) in [6.07, 6.45) is 2.68. The average Bonchev–Trinajstić information content (AvgIpc) is 2.00. The molecule has 1 aliphatic heterocycles. The van der Waals surface area contributed by atoms with Crippen LogP contribution in [0.15, 0.2) is 0 Å². The lowest BCUT2D eigenvalue weighted by Gasteiger charge is -2.46. The van der Waals surface area contributed by atoms with Crippen LogP contribution in [0.2, 0.25) is 0 Å². The van der Waals surface area contributed by atoms with E-state index in [2.05, 4.69) is 45.9 Å². The predicted molar refractivity (Wildman–Crippen MR) is 59.8 cm³/mol. The molecule has 0 amide bonds. The first-order valence-electron chi connectivity index (χ1n) is 4.47. The van der Waals surface area contributed by atoms with Crippen molar-refractivity contribution in [3.8, 4) is 0 Å². The Morgan fingerprint density at radius 1 is 1.17 bits per heavy atom. The molecule has 0 bridgehead atoms. The maximum Gasteiger partial charge on any atom is 1.52 e. The van der Waals surface area contributed by atoms with Gasteiger partial charge in [0.05, 0.1) is 0 Å². The van der Waals surface area contributed by atoms with Crippen LogP contribution in [0.5, 0.6) is 0 Å². The van der Waals surface area contributed by atoms with Gasteiger partial charge in [-0.2, -0.15) is 0 Å².